The van der Waals surface area contributed by atoms with Gasteiger partial charge in [-0.1, -0.05) is 74.0 Å². The van der Waals surface area contributed by atoms with Gasteiger partial charge in [-0.15, -0.1) is 0 Å². The molecule has 1 unspecified atom stereocenters. The van der Waals surface area contributed by atoms with Crippen LogP contribution in [0.3, 0.4) is 0 Å². The smallest absolute Gasteiger partial charge is 0.170 e. The van der Waals surface area contributed by atoms with Crippen LogP contribution in [0.5, 0.6) is 0 Å². The lowest BCUT2D eigenvalue weighted by Gasteiger charge is -2.15. The molecule has 0 saturated heterocycles. The number of ketones is 1. The lowest BCUT2D eigenvalue weighted by atomic mass is 9.87. The Kier molecular flexibility index (Phi) is 4.30. The summed E-state index contributed by atoms with van der Waals surface area (Å²) in [6.45, 7) is 3.87. The summed E-state index contributed by atoms with van der Waals surface area (Å²) in [6.07, 6.45) is 1.55. The average Bonchev–Trinajstić information content (AvgIpc) is 2.46. The second kappa shape index (κ2) is 6.15. The molecule has 18 heavy (non-hydrogen) atoms. The van der Waals surface area contributed by atoms with Crippen molar-refractivity contribution >= 4 is 5.78 Å². The van der Waals surface area contributed by atoms with E-state index in [0.29, 0.717) is 0 Å². The molecular formula is C17H17O. The predicted molar refractivity (Wildman–Crippen MR) is 74.5 cm³/mol. The Morgan fingerprint density at radius 3 is 2.06 bits per heavy atom. The quantitative estimate of drug-likeness (QED) is 0.710. The first-order valence-corrected chi connectivity index (χ1v) is 6.26. The van der Waals surface area contributed by atoms with Crippen molar-refractivity contribution in [3.63, 3.8) is 0 Å². The van der Waals surface area contributed by atoms with E-state index < -0.39 is 0 Å². The van der Waals surface area contributed by atoms with Gasteiger partial charge in [0.15, 0.2) is 5.78 Å². The van der Waals surface area contributed by atoms with Crippen molar-refractivity contribution in [1.29, 1.82) is 0 Å². The molecule has 0 amide bonds. The molecule has 0 fully saturated rings. The van der Waals surface area contributed by atoms with Gasteiger partial charge in [0.2, 0.25) is 0 Å². The number of rotatable bonds is 5. The van der Waals surface area contributed by atoms with E-state index in [2.05, 4.69) is 6.92 Å². The molecule has 0 spiro atoms. The maximum Gasteiger partial charge on any atom is 0.170 e. The average molecular weight is 237 g/mol. The first kappa shape index (κ1) is 12.6. The zero-order valence-corrected chi connectivity index (χ0v) is 10.4. The molecule has 0 bridgehead atoms. The largest absolute Gasteiger partial charge is 0.293 e. The summed E-state index contributed by atoms with van der Waals surface area (Å²) < 4.78 is 0. The highest BCUT2D eigenvalue weighted by Gasteiger charge is 2.20. The van der Waals surface area contributed by atoms with Crippen molar-refractivity contribution in [1.82, 2.24) is 0 Å². The number of carbonyl (C=O) groups excluding carboxylic acids is 1. The van der Waals surface area contributed by atoms with E-state index in [9.17, 15) is 4.79 Å². The molecule has 0 saturated carbocycles. The van der Waals surface area contributed by atoms with Crippen molar-refractivity contribution in [2.24, 2.45) is 0 Å². The Bertz CT molecular complexity index is 488. The zero-order valence-electron chi connectivity index (χ0n) is 10.4. The van der Waals surface area contributed by atoms with Gasteiger partial charge >= 0.3 is 0 Å². The fourth-order valence-corrected chi connectivity index (χ4v) is 2.14. The minimum atomic E-state index is -0.0777. The fraction of sp³-hybridized carbons (Fsp3) is 0.176. The number of Topliss-reactive ketones (excluding diaryl/α,β-unsaturated/α-hetero) is 1. The normalized spacial score (nSPS) is 12.1. The minimum absolute atomic E-state index is 0.0777. The molecule has 91 valence electrons. The van der Waals surface area contributed by atoms with Crippen molar-refractivity contribution in [2.75, 3.05) is 0 Å². The van der Waals surface area contributed by atoms with E-state index in [0.717, 1.165) is 24.0 Å². The molecule has 0 aliphatic rings. The molecule has 0 aliphatic heterocycles. The molecular weight excluding hydrogens is 220 g/mol. The van der Waals surface area contributed by atoms with Crippen LogP contribution in [-0.4, -0.2) is 5.78 Å². The van der Waals surface area contributed by atoms with Gasteiger partial charge in [-0.05, 0) is 12.0 Å². The van der Waals surface area contributed by atoms with Gasteiger partial charge in [0, 0.05) is 11.5 Å². The molecule has 2 aromatic rings. The van der Waals surface area contributed by atoms with E-state index in [1.165, 1.54) is 0 Å². The first-order chi connectivity index (χ1) is 8.83. The maximum atomic E-state index is 12.5. The Balaban J connectivity index is 2.29. The SMILES string of the molecule is [CH2]CCC(C(=O)c1ccccc1)c1ccccc1. The van der Waals surface area contributed by atoms with Crippen LogP contribution in [0.2, 0.25) is 0 Å². The van der Waals surface area contributed by atoms with E-state index in [1.807, 2.05) is 60.7 Å². The van der Waals surface area contributed by atoms with E-state index in [1.54, 1.807) is 0 Å². The monoisotopic (exact) mass is 237 g/mol. The molecule has 2 aromatic carbocycles. The summed E-state index contributed by atoms with van der Waals surface area (Å²) in [7, 11) is 0. The van der Waals surface area contributed by atoms with Crippen LogP contribution in [0.4, 0.5) is 0 Å². The predicted octanol–water partition coefficient (Wildman–Crippen LogP) is 4.27. The van der Waals surface area contributed by atoms with E-state index in [-0.39, 0.29) is 11.7 Å². The van der Waals surface area contributed by atoms with Gasteiger partial charge in [-0.2, -0.15) is 0 Å². The summed E-state index contributed by atoms with van der Waals surface area (Å²) in [4.78, 5) is 12.5. The van der Waals surface area contributed by atoms with Crippen molar-refractivity contribution in [2.45, 2.75) is 18.8 Å². The third-order valence-electron chi connectivity index (χ3n) is 3.07. The summed E-state index contributed by atoms with van der Waals surface area (Å²) in [5, 5.41) is 0. The standard InChI is InChI=1S/C17H17O/c1-2-9-16(14-10-5-3-6-11-14)17(18)15-12-7-4-8-13-15/h3-8,10-13,16H,1-2,9H2. The summed E-state index contributed by atoms with van der Waals surface area (Å²) >= 11 is 0. The minimum Gasteiger partial charge on any atom is -0.293 e. The van der Waals surface area contributed by atoms with Crippen LogP contribution < -0.4 is 0 Å². The lowest BCUT2D eigenvalue weighted by molar-refractivity contribution is 0.0955. The van der Waals surface area contributed by atoms with Crippen molar-refractivity contribution in [3.05, 3.63) is 78.7 Å². The van der Waals surface area contributed by atoms with E-state index >= 15 is 0 Å². The molecule has 2 rings (SSSR count). The topological polar surface area (TPSA) is 17.1 Å². The van der Waals surface area contributed by atoms with Crippen LogP contribution in [0.25, 0.3) is 0 Å². The second-order valence-electron chi connectivity index (χ2n) is 4.34. The Morgan fingerprint density at radius 2 is 1.50 bits per heavy atom. The summed E-state index contributed by atoms with van der Waals surface area (Å²) in [6, 6.07) is 19.4. The molecule has 0 aliphatic carbocycles. The van der Waals surface area contributed by atoms with Gasteiger partial charge < -0.3 is 0 Å². The molecule has 0 N–H and O–H groups in total. The van der Waals surface area contributed by atoms with Crippen LogP contribution in [0.15, 0.2) is 60.7 Å². The molecule has 1 atom stereocenters. The van der Waals surface area contributed by atoms with Crippen LogP contribution >= 0.6 is 0 Å². The van der Waals surface area contributed by atoms with Gasteiger partial charge in [0.25, 0.3) is 0 Å². The molecule has 1 nitrogen and oxygen atoms in total. The van der Waals surface area contributed by atoms with Crippen LogP contribution in [0.1, 0.15) is 34.7 Å². The first-order valence-electron chi connectivity index (χ1n) is 6.26. The second-order valence-corrected chi connectivity index (χ2v) is 4.34. The number of carbonyl (C=O) groups is 1. The van der Waals surface area contributed by atoms with Gasteiger partial charge in [-0.3, -0.25) is 4.79 Å². The van der Waals surface area contributed by atoms with Crippen LogP contribution in [-0.2, 0) is 0 Å². The Hall–Kier alpha value is -1.89. The summed E-state index contributed by atoms with van der Waals surface area (Å²) in [5.41, 5.74) is 1.86. The number of hydrogen-bond donors (Lipinski definition) is 0. The highest BCUT2D eigenvalue weighted by atomic mass is 16.1. The summed E-state index contributed by atoms with van der Waals surface area (Å²) in [5.74, 6) is 0.108. The third-order valence-corrected chi connectivity index (χ3v) is 3.07. The Morgan fingerprint density at radius 1 is 0.944 bits per heavy atom. The van der Waals surface area contributed by atoms with E-state index in [4.69, 9.17) is 0 Å². The Labute approximate surface area is 108 Å². The van der Waals surface area contributed by atoms with Gasteiger partial charge in [0.05, 0.1) is 0 Å². The molecule has 0 heterocycles. The fourth-order valence-electron chi connectivity index (χ4n) is 2.14. The highest BCUT2D eigenvalue weighted by Crippen LogP contribution is 2.25. The number of benzene rings is 2. The zero-order chi connectivity index (χ0) is 12.8. The maximum absolute atomic E-state index is 12.5. The van der Waals surface area contributed by atoms with Gasteiger partial charge in [-0.25, -0.2) is 0 Å². The van der Waals surface area contributed by atoms with Crippen LogP contribution in [0, 0.1) is 6.92 Å². The molecule has 0 aromatic heterocycles. The molecule has 1 heteroatoms. The third kappa shape index (κ3) is 2.86. The van der Waals surface area contributed by atoms with Crippen molar-refractivity contribution in [3.8, 4) is 0 Å². The highest BCUT2D eigenvalue weighted by molar-refractivity contribution is 6.00. The molecule has 1 radical (unpaired) electrons. The van der Waals surface area contributed by atoms with Crippen molar-refractivity contribution < 1.29 is 4.79 Å². The van der Waals surface area contributed by atoms with Gasteiger partial charge in [0.1, 0.15) is 0 Å². The number of hydrogen-bond acceptors (Lipinski definition) is 1. The lowest BCUT2D eigenvalue weighted by Crippen LogP contribution is -2.12.